The van der Waals surface area contributed by atoms with Gasteiger partial charge in [0.15, 0.2) is 11.6 Å². The third kappa shape index (κ3) is 1.26. The van der Waals surface area contributed by atoms with Gasteiger partial charge in [-0.2, -0.15) is 0 Å². The highest BCUT2D eigenvalue weighted by atomic mass is 16.3. The van der Waals surface area contributed by atoms with Crippen LogP contribution in [-0.2, 0) is 0 Å². The molecule has 0 aliphatic carbocycles. The van der Waals surface area contributed by atoms with E-state index < -0.39 is 0 Å². The van der Waals surface area contributed by atoms with Gasteiger partial charge in [-0.15, -0.1) is 0 Å². The van der Waals surface area contributed by atoms with Gasteiger partial charge in [-0.1, -0.05) is 0 Å². The maximum absolute atomic E-state index is 5.35. The topological polar surface area (TPSA) is 54.7 Å². The van der Waals surface area contributed by atoms with E-state index in [1.807, 2.05) is 36.4 Å². The van der Waals surface area contributed by atoms with Gasteiger partial charge in [0.1, 0.15) is 0 Å². The van der Waals surface area contributed by atoms with E-state index in [1.165, 1.54) is 0 Å². The minimum absolute atomic E-state index is 0.739. The normalized spacial score (nSPS) is 11.3. The first-order valence-electron chi connectivity index (χ1n) is 5.69. The Bertz CT molecular complexity index is 831. The zero-order valence-corrected chi connectivity index (χ0v) is 9.42. The summed E-state index contributed by atoms with van der Waals surface area (Å²) in [7, 11) is 0. The SMILES string of the molecule is c1coc(-c2nc3c(ccc4ncccc43)[nH]2)c1. The molecular formula is C14H9N3O. The van der Waals surface area contributed by atoms with Gasteiger partial charge in [0.05, 0.1) is 22.8 Å². The predicted octanol–water partition coefficient (Wildman–Crippen LogP) is 3.37. The molecule has 0 aliphatic rings. The molecule has 0 aliphatic heterocycles. The van der Waals surface area contributed by atoms with Crippen molar-refractivity contribution in [1.29, 1.82) is 0 Å². The van der Waals surface area contributed by atoms with Gasteiger partial charge in [0, 0.05) is 11.6 Å². The summed E-state index contributed by atoms with van der Waals surface area (Å²) in [6.45, 7) is 0. The van der Waals surface area contributed by atoms with Crippen LogP contribution in [0.4, 0.5) is 0 Å². The number of aromatic amines is 1. The van der Waals surface area contributed by atoms with Crippen molar-refractivity contribution in [2.75, 3.05) is 0 Å². The van der Waals surface area contributed by atoms with Crippen LogP contribution in [-0.4, -0.2) is 15.0 Å². The van der Waals surface area contributed by atoms with Gasteiger partial charge in [-0.05, 0) is 36.4 Å². The highest BCUT2D eigenvalue weighted by Crippen LogP contribution is 2.25. The van der Waals surface area contributed by atoms with Crippen LogP contribution in [0.3, 0.4) is 0 Å². The lowest BCUT2D eigenvalue weighted by atomic mass is 10.2. The second kappa shape index (κ2) is 3.43. The molecule has 0 spiro atoms. The number of benzene rings is 1. The summed E-state index contributed by atoms with van der Waals surface area (Å²) in [6, 6.07) is 11.7. The Morgan fingerprint density at radius 2 is 2.06 bits per heavy atom. The van der Waals surface area contributed by atoms with Crippen LogP contribution in [0.25, 0.3) is 33.5 Å². The zero-order valence-electron chi connectivity index (χ0n) is 9.42. The first-order chi connectivity index (χ1) is 8.92. The molecule has 4 aromatic rings. The van der Waals surface area contributed by atoms with Crippen molar-refractivity contribution in [3.05, 3.63) is 48.9 Å². The van der Waals surface area contributed by atoms with Crippen LogP contribution in [0.2, 0.25) is 0 Å². The van der Waals surface area contributed by atoms with Crippen LogP contribution < -0.4 is 0 Å². The van der Waals surface area contributed by atoms with Gasteiger partial charge >= 0.3 is 0 Å². The van der Waals surface area contributed by atoms with Crippen molar-refractivity contribution in [1.82, 2.24) is 15.0 Å². The number of H-pyrrole nitrogens is 1. The zero-order chi connectivity index (χ0) is 11.9. The molecule has 3 aromatic heterocycles. The highest BCUT2D eigenvalue weighted by molar-refractivity contribution is 6.03. The average molecular weight is 235 g/mol. The largest absolute Gasteiger partial charge is 0.461 e. The second-order valence-electron chi connectivity index (χ2n) is 4.09. The summed E-state index contributed by atoms with van der Waals surface area (Å²) < 4.78 is 5.35. The molecule has 3 heterocycles. The first-order valence-corrected chi connectivity index (χ1v) is 5.69. The van der Waals surface area contributed by atoms with Gasteiger partial charge in [-0.25, -0.2) is 4.98 Å². The molecule has 1 N–H and O–H groups in total. The Kier molecular flexibility index (Phi) is 1.80. The molecule has 0 amide bonds. The summed E-state index contributed by atoms with van der Waals surface area (Å²) in [5.74, 6) is 1.48. The molecule has 1 aromatic carbocycles. The molecule has 0 unspecified atom stereocenters. The second-order valence-corrected chi connectivity index (χ2v) is 4.09. The first kappa shape index (κ1) is 9.41. The molecule has 0 fully saturated rings. The molecule has 0 saturated carbocycles. The van der Waals surface area contributed by atoms with Gasteiger partial charge in [-0.3, -0.25) is 4.98 Å². The molecule has 4 nitrogen and oxygen atoms in total. The highest BCUT2D eigenvalue weighted by Gasteiger charge is 2.09. The van der Waals surface area contributed by atoms with Gasteiger partial charge in [0.2, 0.25) is 0 Å². The van der Waals surface area contributed by atoms with Crippen LogP contribution in [0, 0.1) is 0 Å². The van der Waals surface area contributed by atoms with Crippen molar-refractivity contribution in [3.8, 4) is 11.6 Å². The van der Waals surface area contributed by atoms with E-state index in [1.54, 1.807) is 12.5 Å². The Morgan fingerprint density at radius 1 is 1.06 bits per heavy atom. The summed E-state index contributed by atoms with van der Waals surface area (Å²) in [5.41, 5.74) is 2.86. The summed E-state index contributed by atoms with van der Waals surface area (Å²) in [4.78, 5) is 12.2. The van der Waals surface area contributed by atoms with E-state index in [0.29, 0.717) is 0 Å². The number of fused-ring (bicyclic) bond motifs is 3. The van der Waals surface area contributed by atoms with Crippen LogP contribution in [0.1, 0.15) is 0 Å². The van der Waals surface area contributed by atoms with E-state index in [4.69, 9.17) is 4.42 Å². The molecule has 0 saturated heterocycles. The average Bonchev–Trinajstić information content (AvgIpc) is 3.07. The maximum atomic E-state index is 5.35. The minimum Gasteiger partial charge on any atom is -0.461 e. The lowest BCUT2D eigenvalue weighted by molar-refractivity contribution is 0.578. The number of hydrogen-bond donors (Lipinski definition) is 1. The van der Waals surface area contributed by atoms with Crippen molar-refractivity contribution >= 4 is 21.9 Å². The minimum atomic E-state index is 0.739. The summed E-state index contributed by atoms with van der Waals surface area (Å²) in [5, 5.41) is 1.05. The van der Waals surface area contributed by atoms with Gasteiger partial charge < -0.3 is 9.40 Å². The Labute approximate surface area is 102 Å². The fourth-order valence-corrected chi connectivity index (χ4v) is 2.16. The number of furan rings is 1. The Balaban J connectivity index is 2.08. The monoisotopic (exact) mass is 235 g/mol. The number of hydrogen-bond acceptors (Lipinski definition) is 3. The number of pyridine rings is 1. The number of nitrogens with zero attached hydrogens (tertiary/aromatic N) is 2. The van der Waals surface area contributed by atoms with Crippen molar-refractivity contribution in [2.45, 2.75) is 0 Å². The Morgan fingerprint density at radius 3 is 2.94 bits per heavy atom. The number of aromatic nitrogens is 3. The van der Waals surface area contributed by atoms with Crippen molar-refractivity contribution in [3.63, 3.8) is 0 Å². The van der Waals surface area contributed by atoms with Gasteiger partial charge in [0.25, 0.3) is 0 Å². The fraction of sp³-hybridized carbons (Fsp3) is 0. The molecule has 0 atom stereocenters. The summed E-state index contributed by atoms with van der Waals surface area (Å²) in [6.07, 6.45) is 3.43. The Hall–Kier alpha value is -2.62. The van der Waals surface area contributed by atoms with Crippen LogP contribution in [0.15, 0.2) is 53.3 Å². The lowest BCUT2D eigenvalue weighted by Crippen LogP contribution is -1.78. The van der Waals surface area contributed by atoms with Crippen LogP contribution in [0.5, 0.6) is 0 Å². The molecule has 4 rings (SSSR count). The summed E-state index contributed by atoms with van der Waals surface area (Å²) >= 11 is 0. The maximum Gasteiger partial charge on any atom is 0.174 e. The third-order valence-corrected chi connectivity index (χ3v) is 2.99. The van der Waals surface area contributed by atoms with Crippen molar-refractivity contribution < 1.29 is 4.42 Å². The molecule has 0 bridgehead atoms. The predicted molar refractivity (Wildman–Crippen MR) is 69.1 cm³/mol. The van der Waals surface area contributed by atoms with E-state index in [9.17, 15) is 0 Å². The lowest BCUT2D eigenvalue weighted by Gasteiger charge is -1.95. The molecule has 4 heteroatoms. The van der Waals surface area contributed by atoms with E-state index in [0.717, 1.165) is 33.5 Å². The number of rotatable bonds is 1. The number of imidazole rings is 1. The quantitative estimate of drug-likeness (QED) is 0.550. The molecule has 0 radical (unpaired) electrons. The van der Waals surface area contributed by atoms with Crippen LogP contribution >= 0.6 is 0 Å². The molecular weight excluding hydrogens is 226 g/mol. The number of nitrogens with one attached hydrogen (secondary N) is 1. The molecule has 18 heavy (non-hydrogen) atoms. The van der Waals surface area contributed by atoms with E-state index >= 15 is 0 Å². The van der Waals surface area contributed by atoms with E-state index in [-0.39, 0.29) is 0 Å². The van der Waals surface area contributed by atoms with E-state index in [2.05, 4.69) is 15.0 Å². The van der Waals surface area contributed by atoms with Crippen molar-refractivity contribution in [2.24, 2.45) is 0 Å². The molecule has 86 valence electrons. The third-order valence-electron chi connectivity index (χ3n) is 2.99. The standard InChI is InChI=1S/C14H9N3O/c1-3-9-10(15-7-1)5-6-11-13(9)17-14(16-11)12-4-2-8-18-12/h1-8H,(H,16,17). The fourth-order valence-electron chi connectivity index (χ4n) is 2.16. The smallest absolute Gasteiger partial charge is 0.174 e.